The number of amides is 1. The van der Waals surface area contributed by atoms with E-state index < -0.39 is 5.97 Å². The van der Waals surface area contributed by atoms with Crippen molar-refractivity contribution in [2.75, 3.05) is 13.7 Å². The second kappa shape index (κ2) is 5.08. The van der Waals surface area contributed by atoms with Crippen molar-refractivity contribution in [2.45, 2.75) is 13.5 Å². The van der Waals surface area contributed by atoms with Crippen LogP contribution in [0.4, 0.5) is 0 Å². The molecule has 1 aromatic heterocycles. The molecule has 1 heterocycles. The van der Waals surface area contributed by atoms with E-state index in [0.717, 1.165) is 0 Å². The summed E-state index contributed by atoms with van der Waals surface area (Å²) in [6.07, 6.45) is 1.31. The predicted molar refractivity (Wildman–Crippen MR) is 50.0 cm³/mol. The largest absolute Gasteiger partial charge is 0.463 e. The lowest BCUT2D eigenvalue weighted by atomic mass is 10.5. The number of carbonyl (C=O) groups is 2. The normalized spacial score (nSPS) is 9.73. The van der Waals surface area contributed by atoms with Crippen LogP contribution in [-0.4, -0.2) is 40.3 Å². The molecule has 1 N–H and O–H groups in total. The topological polar surface area (TPSA) is 86.1 Å². The third-order valence-electron chi connectivity index (χ3n) is 1.58. The molecule has 7 nitrogen and oxygen atoms in total. The van der Waals surface area contributed by atoms with E-state index in [1.54, 1.807) is 0 Å². The highest BCUT2D eigenvalue weighted by Crippen LogP contribution is 1.92. The van der Waals surface area contributed by atoms with Gasteiger partial charge in [0.2, 0.25) is 5.91 Å². The van der Waals surface area contributed by atoms with Crippen LogP contribution in [0.2, 0.25) is 0 Å². The lowest BCUT2D eigenvalue weighted by molar-refractivity contribution is -0.121. The molecule has 0 bridgehead atoms. The van der Waals surface area contributed by atoms with Crippen LogP contribution in [0.3, 0.4) is 0 Å². The minimum atomic E-state index is -0.621. The van der Waals surface area contributed by atoms with Gasteiger partial charge in [0.05, 0.1) is 7.11 Å². The first-order chi connectivity index (χ1) is 7.17. The summed E-state index contributed by atoms with van der Waals surface area (Å²) in [5.74, 6) is -0.856. The van der Waals surface area contributed by atoms with Crippen molar-refractivity contribution < 1.29 is 14.3 Å². The first-order valence-electron chi connectivity index (χ1n) is 4.41. The van der Waals surface area contributed by atoms with Crippen molar-refractivity contribution in [1.82, 2.24) is 20.1 Å². The Hall–Kier alpha value is -1.92. The van der Waals surface area contributed by atoms with Gasteiger partial charge in [0.1, 0.15) is 12.9 Å². The number of esters is 1. The summed E-state index contributed by atoms with van der Waals surface area (Å²) in [5.41, 5.74) is 0. The maximum absolute atomic E-state index is 11.1. The summed E-state index contributed by atoms with van der Waals surface area (Å²) in [7, 11) is 1.24. The third-order valence-corrected chi connectivity index (χ3v) is 1.58. The minimum Gasteiger partial charge on any atom is -0.463 e. The van der Waals surface area contributed by atoms with E-state index in [9.17, 15) is 9.59 Å². The van der Waals surface area contributed by atoms with Gasteiger partial charge in [-0.05, 0) is 6.92 Å². The number of rotatable bonds is 4. The highest BCUT2D eigenvalue weighted by Gasteiger charge is 2.12. The molecule has 0 radical (unpaired) electrons. The molecule has 7 heteroatoms. The fourth-order valence-corrected chi connectivity index (χ4v) is 0.956. The Kier molecular flexibility index (Phi) is 3.78. The molecule has 1 aromatic rings. The van der Waals surface area contributed by atoms with Gasteiger partial charge in [-0.3, -0.25) is 4.79 Å². The average molecular weight is 212 g/mol. The van der Waals surface area contributed by atoms with E-state index in [-0.39, 0.29) is 18.3 Å². The van der Waals surface area contributed by atoms with E-state index in [2.05, 4.69) is 20.1 Å². The minimum absolute atomic E-state index is 0.0395. The van der Waals surface area contributed by atoms with Crippen molar-refractivity contribution >= 4 is 11.9 Å². The van der Waals surface area contributed by atoms with Crippen molar-refractivity contribution in [3.05, 3.63) is 12.2 Å². The zero-order valence-corrected chi connectivity index (χ0v) is 8.56. The molecule has 1 rings (SSSR count). The van der Waals surface area contributed by atoms with Crippen LogP contribution < -0.4 is 5.32 Å². The monoisotopic (exact) mass is 212 g/mol. The standard InChI is InChI=1S/C8H12N4O3/c1-3-9-6(13)4-12-5-10-7(11-12)8(14)15-2/h5H,3-4H2,1-2H3,(H,9,13). The van der Waals surface area contributed by atoms with Crippen LogP contribution in [0.25, 0.3) is 0 Å². The lowest BCUT2D eigenvalue weighted by Crippen LogP contribution is -2.27. The number of ether oxygens (including phenoxy) is 1. The Labute approximate surface area is 86.4 Å². The van der Waals surface area contributed by atoms with Gasteiger partial charge in [0.25, 0.3) is 5.82 Å². The van der Waals surface area contributed by atoms with E-state index in [4.69, 9.17) is 0 Å². The number of likely N-dealkylation sites (N-methyl/N-ethyl adjacent to an activating group) is 1. The SMILES string of the molecule is CCNC(=O)Cn1cnc(C(=O)OC)n1. The molecule has 0 saturated carbocycles. The molecule has 0 atom stereocenters. The molecule has 0 aliphatic rings. The van der Waals surface area contributed by atoms with Crippen LogP contribution in [0.1, 0.15) is 17.5 Å². The fraction of sp³-hybridized carbons (Fsp3) is 0.500. The Morgan fingerprint density at radius 3 is 2.93 bits per heavy atom. The van der Waals surface area contributed by atoms with Gasteiger partial charge in [-0.2, -0.15) is 0 Å². The van der Waals surface area contributed by atoms with Crippen LogP contribution in [0, 0.1) is 0 Å². The van der Waals surface area contributed by atoms with Crippen molar-refractivity contribution in [3.63, 3.8) is 0 Å². The third kappa shape index (κ3) is 3.04. The molecule has 82 valence electrons. The number of methoxy groups -OCH3 is 1. The van der Waals surface area contributed by atoms with Crippen LogP contribution in [0.15, 0.2) is 6.33 Å². The molecular weight excluding hydrogens is 200 g/mol. The molecule has 0 aliphatic carbocycles. The number of aromatic nitrogens is 3. The fourth-order valence-electron chi connectivity index (χ4n) is 0.956. The van der Waals surface area contributed by atoms with Gasteiger partial charge in [0.15, 0.2) is 0 Å². The summed E-state index contributed by atoms with van der Waals surface area (Å²) in [6.45, 7) is 2.41. The number of nitrogens with one attached hydrogen (secondary N) is 1. The summed E-state index contributed by atoms with van der Waals surface area (Å²) in [6, 6.07) is 0. The molecule has 15 heavy (non-hydrogen) atoms. The number of hydrogen-bond acceptors (Lipinski definition) is 5. The van der Waals surface area contributed by atoms with Crippen LogP contribution in [-0.2, 0) is 16.1 Å². The number of hydrogen-bond donors (Lipinski definition) is 1. The molecule has 0 fully saturated rings. The van der Waals surface area contributed by atoms with Gasteiger partial charge >= 0.3 is 5.97 Å². The molecule has 0 aromatic carbocycles. The Bertz CT molecular complexity index is 361. The highest BCUT2D eigenvalue weighted by atomic mass is 16.5. The summed E-state index contributed by atoms with van der Waals surface area (Å²) < 4.78 is 5.70. The van der Waals surface area contributed by atoms with Gasteiger partial charge < -0.3 is 10.1 Å². The predicted octanol–water partition coefficient (Wildman–Crippen LogP) is -0.799. The molecule has 0 unspecified atom stereocenters. The first kappa shape index (κ1) is 11.2. The highest BCUT2D eigenvalue weighted by molar-refractivity contribution is 5.84. The van der Waals surface area contributed by atoms with E-state index in [0.29, 0.717) is 6.54 Å². The van der Waals surface area contributed by atoms with E-state index in [1.807, 2.05) is 6.92 Å². The van der Waals surface area contributed by atoms with Gasteiger partial charge in [-0.1, -0.05) is 0 Å². The summed E-state index contributed by atoms with van der Waals surface area (Å²) >= 11 is 0. The van der Waals surface area contributed by atoms with Gasteiger partial charge in [0, 0.05) is 6.54 Å². The average Bonchev–Trinajstić information content (AvgIpc) is 2.65. The lowest BCUT2D eigenvalue weighted by Gasteiger charge is -2.00. The zero-order valence-electron chi connectivity index (χ0n) is 8.56. The zero-order chi connectivity index (χ0) is 11.3. The summed E-state index contributed by atoms with van der Waals surface area (Å²) in [4.78, 5) is 25.8. The summed E-state index contributed by atoms with van der Waals surface area (Å²) in [5, 5.41) is 6.38. The smallest absolute Gasteiger partial charge is 0.377 e. The van der Waals surface area contributed by atoms with Crippen molar-refractivity contribution in [2.24, 2.45) is 0 Å². The number of carbonyl (C=O) groups excluding carboxylic acids is 2. The molecule has 0 spiro atoms. The molecule has 0 saturated heterocycles. The molecule has 1 amide bonds. The first-order valence-corrected chi connectivity index (χ1v) is 4.41. The molecule has 0 aliphatic heterocycles. The quantitative estimate of drug-likeness (QED) is 0.660. The maximum atomic E-state index is 11.1. The van der Waals surface area contributed by atoms with E-state index in [1.165, 1.54) is 18.1 Å². The van der Waals surface area contributed by atoms with Crippen LogP contribution >= 0.6 is 0 Å². The van der Waals surface area contributed by atoms with Crippen molar-refractivity contribution in [3.8, 4) is 0 Å². The maximum Gasteiger partial charge on any atom is 0.377 e. The van der Waals surface area contributed by atoms with Crippen LogP contribution in [0.5, 0.6) is 0 Å². The Balaban J connectivity index is 2.60. The van der Waals surface area contributed by atoms with E-state index >= 15 is 0 Å². The Morgan fingerprint density at radius 2 is 2.33 bits per heavy atom. The van der Waals surface area contributed by atoms with Gasteiger partial charge in [-0.15, -0.1) is 5.10 Å². The van der Waals surface area contributed by atoms with Gasteiger partial charge in [-0.25, -0.2) is 14.5 Å². The second-order valence-electron chi connectivity index (χ2n) is 2.71. The molecular formula is C8H12N4O3. The second-order valence-corrected chi connectivity index (χ2v) is 2.71. The van der Waals surface area contributed by atoms with Crippen molar-refractivity contribution in [1.29, 1.82) is 0 Å². The number of nitrogens with zero attached hydrogens (tertiary/aromatic N) is 3. The Morgan fingerprint density at radius 1 is 1.60 bits per heavy atom.